The Bertz CT molecular complexity index is 689. The summed E-state index contributed by atoms with van der Waals surface area (Å²) in [5.74, 6) is 1.02. The highest BCUT2D eigenvalue weighted by Gasteiger charge is 2.13. The summed E-state index contributed by atoms with van der Waals surface area (Å²) in [6.07, 6.45) is 3.22. The SMILES string of the molecule is Cc1cscc1-c1noc(-c2cncc(N)c2)n1. The first-order valence-corrected chi connectivity index (χ1v) is 6.26. The zero-order valence-corrected chi connectivity index (χ0v) is 10.4. The summed E-state index contributed by atoms with van der Waals surface area (Å²) in [5, 5.41) is 8.03. The van der Waals surface area contributed by atoms with E-state index in [0.717, 1.165) is 16.7 Å². The van der Waals surface area contributed by atoms with E-state index in [0.29, 0.717) is 17.4 Å². The molecule has 0 fully saturated rings. The molecule has 0 aromatic carbocycles. The van der Waals surface area contributed by atoms with E-state index in [-0.39, 0.29) is 0 Å². The maximum absolute atomic E-state index is 5.67. The largest absolute Gasteiger partial charge is 0.397 e. The second kappa shape index (κ2) is 4.23. The van der Waals surface area contributed by atoms with Gasteiger partial charge in [0.2, 0.25) is 5.82 Å². The summed E-state index contributed by atoms with van der Waals surface area (Å²) in [6, 6.07) is 1.75. The van der Waals surface area contributed by atoms with Crippen molar-refractivity contribution < 1.29 is 4.52 Å². The molecule has 0 saturated carbocycles. The summed E-state index contributed by atoms with van der Waals surface area (Å²) in [7, 11) is 0. The highest BCUT2D eigenvalue weighted by Crippen LogP contribution is 2.27. The molecule has 0 unspecified atom stereocenters. The van der Waals surface area contributed by atoms with E-state index >= 15 is 0 Å². The Hall–Kier alpha value is -2.21. The van der Waals surface area contributed by atoms with Gasteiger partial charge in [-0.2, -0.15) is 16.3 Å². The average molecular weight is 258 g/mol. The Morgan fingerprint density at radius 2 is 2.17 bits per heavy atom. The molecule has 0 saturated heterocycles. The second-order valence-electron chi connectivity index (χ2n) is 3.90. The van der Waals surface area contributed by atoms with Gasteiger partial charge in [0.15, 0.2) is 0 Å². The van der Waals surface area contributed by atoms with Gasteiger partial charge in [-0.15, -0.1) is 0 Å². The number of hydrogen-bond acceptors (Lipinski definition) is 6. The monoisotopic (exact) mass is 258 g/mol. The summed E-state index contributed by atoms with van der Waals surface area (Å²) >= 11 is 1.61. The minimum atomic E-state index is 0.426. The second-order valence-corrected chi connectivity index (χ2v) is 4.64. The quantitative estimate of drug-likeness (QED) is 0.764. The lowest BCUT2D eigenvalue weighted by atomic mass is 10.2. The molecule has 0 spiro atoms. The number of rotatable bonds is 2. The maximum atomic E-state index is 5.67. The Morgan fingerprint density at radius 3 is 2.89 bits per heavy atom. The number of anilines is 1. The summed E-state index contributed by atoms with van der Waals surface area (Å²) < 4.78 is 5.23. The number of pyridine rings is 1. The first kappa shape index (κ1) is 10.9. The van der Waals surface area contributed by atoms with E-state index in [2.05, 4.69) is 15.1 Å². The van der Waals surface area contributed by atoms with Crippen molar-refractivity contribution in [2.24, 2.45) is 0 Å². The van der Waals surface area contributed by atoms with Crippen molar-refractivity contribution in [2.45, 2.75) is 6.92 Å². The van der Waals surface area contributed by atoms with E-state index in [1.807, 2.05) is 17.7 Å². The van der Waals surface area contributed by atoms with Gasteiger partial charge < -0.3 is 10.3 Å². The van der Waals surface area contributed by atoms with Crippen LogP contribution in [0.2, 0.25) is 0 Å². The average Bonchev–Trinajstić information content (AvgIpc) is 2.97. The highest BCUT2D eigenvalue weighted by molar-refractivity contribution is 7.08. The lowest BCUT2D eigenvalue weighted by Gasteiger charge is -1.94. The van der Waals surface area contributed by atoms with E-state index in [9.17, 15) is 0 Å². The number of hydrogen-bond donors (Lipinski definition) is 1. The van der Waals surface area contributed by atoms with Crippen LogP contribution in [0.1, 0.15) is 5.56 Å². The lowest BCUT2D eigenvalue weighted by Crippen LogP contribution is -1.87. The molecule has 5 nitrogen and oxygen atoms in total. The Morgan fingerprint density at radius 1 is 1.28 bits per heavy atom. The smallest absolute Gasteiger partial charge is 0.259 e. The fourth-order valence-electron chi connectivity index (χ4n) is 1.61. The van der Waals surface area contributed by atoms with Crippen LogP contribution in [0.25, 0.3) is 22.8 Å². The number of aromatic nitrogens is 3. The number of aryl methyl sites for hydroxylation is 1. The van der Waals surface area contributed by atoms with E-state index in [1.165, 1.54) is 0 Å². The summed E-state index contributed by atoms with van der Waals surface area (Å²) in [6.45, 7) is 2.02. The van der Waals surface area contributed by atoms with Crippen molar-refractivity contribution >= 4 is 17.0 Å². The van der Waals surface area contributed by atoms with Gasteiger partial charge in [-0.05, 0) is 23.9 Å². The molecule has 3 aromatic heterocycles. The van der Waals surface area contributed by atoms with Crippen molar-refractivity contribution in [1.29, 1.82) is 0 Å². The van der Waals surface area contributed by atoms with Crippen molar-refractivity contribution in [3.63, 3.8) is 0 Å². The Labute approximate surface area is 107 Å². The van der Waals surface area contributed by atoms with Gasteiger partial charge in [0, 0.05) is 23.3 Å². The van der Waals surface area contributed by atoms with Crippen molar-refractivity contribution in [1.82, 2.24) is 15.1 Å². The minimum absolute atomic E-state index is 0.426. The molecular formula is C12H10N4OS. The molecule has 90 valence electrons. The molecule has 3 heterocycles. The standard InChI is InChI=1S/C12H10N4OS/c1-7-5-18-6-10(7)11-15-12(17-16-11)8-2-9(13)4-14-3-8/h2-6H,13H2,1H3. The third-order valence-electron chi connectivity index (χ3n) is 2.53. The van der Waals surface area contributed by atoms with Gasteiger partial charge in [-0.1, -0.05) is 5.16 Å². The molecular weight excluding hydrogens is 248 g/mol. The normalized spacial score (nSPS) is 10.7. The van der Waals surface area contributed by atoms with Gasteiger partial charge >= 0.3 is 0 Å². The van der Waals surface area contributed by atoms with Crippen LogP contribution in [-0.2, 0) is 0 Å². The van der Waals surface area contributed by atoms with E-state index < -0.39 is 0 Å². The first-order valence-electron chi connectivity index (χ1n) is 5.32. The van der Waals surface area contributed by atoms with Gasteiger partial charge in [-0.25, -0.2) is 0 Å². The highest BCUT2D eigenvalue weighted by atomic mass is 32.1. The molecule has 0 atom stereocenters. The zero-order chi connectivity index (χ0) is 12.5. The number of nitrogens with zero attached hydrogens (tertiary/aromatic N) is 3. The molecule has 0 radical (unpaired) electrons. The van der Waals surface area contributed by atoms with Crippen LogP contribution >= 0.6 is 11.3 Å². The van der Waals surface area contributed by atoms with Crippen LogP contribution in [0.3, 0.4) is 0 Å². The fourth-order valence-corrected chi connectivity index (χ4v) is 2.44. The van der Waals surface area contributed by atoms with Gasteiger partial charge in [-0.3, -0.25) is 4.98 Å². The predicted octanol–water partition coefficient (Wildman–Crippen LogP) is 2.75. The molecule has 18 heavy (non-hydrogen) atoms. The van der Waals surface area contributed by atoms with Crippen LogP contribution in [0.4, 0.5) is 5.69 Å². The molecule has 0 aliphatic carbocycles. The van der Waals surface area contributed by atoms with Crippen molar-refractivity contribution in [3.05, 3.63) is 34.8 Å². The molecule has 0 amide bonds. The van der Waals surface area contributed by atoms with Gasteiger partial charge in [0.05, 0.1) is 11.3 Å². The molecule has 3 aromatic rings. The first-order chi connectivity index (χ1) is 8.74. The van der Waals surface area contributed by atoms with Gasteiger partial charge in [0.25, 0.3) is 5.89 Å². The van der Waals surface area contributed by atoms with Crippen molar-refractivity contribution in [3.8, 4) is 22.8 Å². The maximum Gasteiger partial charge on any atom is 0.259 e. The number of nitrogen functional groups attached to an aromatic ring is 1. The Kier molecular flexibility index (Phi) is 2.56. The van der Waals surface area contributed by atoms with Gasteiger partial charge in [0.1, 0.15) is 0 Å². The minimum Gasteiger partial charge on any atom is -0.397 e. The van der Waals surface area contributed by atoms with Crippen LogP contribution in [0.15, 0.2) is 33.7 Å². The third kappa shape index (κ3) is 1.86. The van der Waals surface area contributed by atoms with Crippen LogP contribution < -0.4 is 5.73 Å². The molecule has 0 aliphatic rings. The van der Waals surface area contributed by atoms with Crippen LogP contribution in [0, 0.1) is 6.92 Å². The predicted molar refractivity (Wildman–Crippen MR) is 70.0 cm³/mol. The molecule has 2 N–H and O–H groups in total. The Balaban J connectivity index is 2.02. The lowest BCUT2D eigenvalue weighted by molar-refractivity contribution is 0.432. The van der Waals surface area contributed by atoms with Crippen molar-refractivity contribution in [2.75, 3.05) is 5.73 Å². The molecule has 3 rings (SSSR count). The van der Waals surface area contributed by atoms with Crippen LogP contribution in [-0.4, -0.2) is 15.1 Å². The topological polar surface area (TPSA) is 77.8 Å². The third-order valence-corrected chi connectivity index (χ3v) is 3.39. The molecule has 0 aliphatic heterocycles. The number of nitrogens with two attached hydrogens (primary N) is 1. The number of thiophene rings is 1. The van der Waals surface area contributed by atoms with Crippen LogP contribution in [0.5, 0.6) is 0 Å². The summed E-state index contributed by atoms with van der Waals surface area (Å²) in [4.78, 5) is 8.36. The fraction of sp³-hybridized carbons (Fsp3) is 0.0833. The molecule has 6 heteroatoms. The van der Waals surface area contributed by atoms with E-state index in [1.54, 1.807) is 29.8 Å². The van der Waals surface area contributed by atoms with E-state index in [4.69, 9.17) is 10.3 Å². The molecule has 0 bridgehead atoms. The summed E-state index contributed by atoms with van der Waals surface area (Å²) in [5.41, 5.74) is 9.09. The zero-order valence-electron chi connectivity index (χ0n) is 9.62.